The van der Waals surface area contributed by atoms with E-state index in [0.29, 0.717) is 0 Å². The van der Waals surface area contributed by atoms with Gasteiger partial charge in [-0.25, -0.2) is 0 Å². The quantitative estimate of drug-likeness (QED) is 0.812. The van der Waals surface area contributed by atoms with Gasteiger partial charge in [0.05, 0.1) is 0 Å². The van der Waals surface area contributed by atoms with Crippen molar-refractivity contribution in [2.75, 3.05) is 7.11 Å². The van der Waals surface area contributed by atoms with Gasteiger partial charge in [-0.05, 0) is 0 Å². The van der Waals surface area contributed by atoms with Crippen molar-refractivity contribution in [1.82, 2.24) is 0 Å². The number of aliphatic hydroxyl groups is 1. The predicted octanol–water partition coefficient (Wildman–Crippen LogP) is 0.979. The zero-order valence-electron chi connectivity index (χ0n) is 7.16. The number of rotatable bonds is 2. The predicted molar refractivity (Wildman–Crippen MR) is 40.0 cm³/mol. The van der Waals surface area contributed by atoms with E-state index in [9.17, 15) is 5.11 Å². The molecule has 3 atom stereocenters. The van der Waals surface area contributed by atoms with Crippen LogP contribution in [0.1, 0.15) is 13.3 Å². The molecule has 0 bridgehead atoms. The molecule has 3 unspecified atom stereocenters. The first-order valence-electron chi connectivity index (χ1n) is 3.91. The third-order valence-corrected chi connectivity index (χ3v) is 3.46. The zero-order valence-corrected chi connectivity index (χ0v) is 9.87. The molecular weight excluding hydrogens is 330 g/mol. The Morgan fingerprint density at radius 2 is 2.42 bits per heavy atom. The number of allylic oxidation sites excluding steroid dienone is 1. The van der Waals surface area contributed by atoms with Gasteiger partial charge in [0.15, 0.2) is 0 Å². The van der Waals surface area contributed by atoms with Gasteiger partial charge in [-0.3, -0.25) is 0 Å². The van der Waals surface area contributed by atoms with Crippen LogP contribution in [0.4, 0.5) is 0 Å². The van der Waals surface area contributed by atoms with Crippen LogP contribution in [0.3, 0.4) is 0 Å². The summed E-state index contributed by atoms with van der Waals surface area (Å²) >= 11 is 1.49. The molecule has 0 aliphatic carbocycles. The van der Waals surface area contributed by atoms with E-state index < -0.39 is 6.10 Å². The van der Waals surface area contributed by atoms with Crippen molar-refractivity contribution in [1.29, 1.82) is 0 Å². The summed E-state index contributed by atoms with van der Waals surface area (Å²) in [4.78, 5) is 0. The SMILES string of the molecule is CCC1=CC(O)[CH]([Re])C(OC)O1. The molecule has 0 spiro atoms. The Kier molecular flexibility index (Phi) is 3.73. The minimum absolute atomic E-state index is 0.0605. The fourth-order valence-corrected chi connectivity index (χ4v) is 1.89. The van der Waals surface area contributed by atoms with Crippen LogP contribution in [0.15, 0.2) is 11.8 Å². The number of aliphatic hydroxyl groups excluding tert-OH is 1. The van der Waals surface area contributed by atoms with Crippen LogP contribution in [-0.2, 0) is 28.7 Å². The number of hydrogen-bond acceptors (Lipinski definition) is 3. The van der Waals surface area contributed by atoms with Crippen molar-refractivity contribution >= 4 is 0 Å². The monoisotopic (exact) mass is 344 g/mol. The van der Waals surface area contributed by atoms with E-state index in [0.717, 1.165) is 12.2 Å². The average molecular weight is 343 g/mol. The normalized spacial score (nSPS) is 35.7. The van der Waals surface area contributed by atoms with E-state index in [-0.39, 0.29) is 10.7 Å². The van der Waals surface area contributed by atoms with Gasteiger partial charge in [0.1, 0.15) is 0 Å². The van der Waals surface area contributed by atoms with E-state index in [1.165, 1.54) is 19.2 Å². The molecule has 0 amide bonds. The molecule has 0 aromatic heterocycles. The fraction of sp³-hybridized carbons (Fsp3) is 0.750. The summed E-state index contributed by atoms with van der Waals surface area (Å²) in [7, 11) is 1.60. The standard InChI is InChI=1S/C8H13O3.Re/c1-3-7-4-6(9)5-8(10-2)11-7;/h4-6,8-9H,3H2,1-2H3;. The molecule has 0 saturated carbocycles. The summed E-state index contributed by atoms with van der Waals surface area (Å²) in [6.45, 7) is 1.99. The molecule has 1 aliphatic rings. The second kappa shape index (κ2) is 4.38. The Bertz CT molecular complexity index is 181. The molecule has 70 valence electrons. The Labute approximate surface area is 83.1 Å². The number of ether oxygens (including phenoxy) is 2. The van der Waals surface area contributed by atoms with Crippen LogP contribution in [0.2, 0.25) is 4.39 Å². The van der Waals surface area contributed by atoms with E-state index in [1.807, 2.05) is 6.92 Å². The van der Waals surface area contributed by atoms with Crippen LogP contribution >= 0.6 is 0 Å². The van der Waals surface area contributed by atoms with Gasteiger partial charge in [0, 0.05) is 0 Å². The summed E-state index contributed by atoms with van der Waals surface area (Å²) in [6.07, 6.45) is 1.86. The average Bonchev–Trinajstić information content (AvgIpc) is 2.09. The van der Waals surface area contributed by atoms with Gasteiger partial charge in [0.2, 0.25) is 0 Å². The van der Waals surface area contributed by atoms with Crippen molar-refractivity contribution in [2.45, 2.75) is 30.1 Å². The fourth-order valence-electron chi connectivity index (χ4n) is 1.08. The maximum absolute atomic E-state index is 9.56. The molecule has 0 fully saturated rings. The van der Waals surface area contributed by atoms with Crippen molar-refractivity contribution in [3.63, 3.8) is 0 Å². The molecule has 0 aromatic rings. The molecule has 1 N–H and O–H groups in total. The summed E-state index contributed by atoms with van der Waals surface area (Å²) in [6, 6.07) is 0. The molecule has 0 radical (unpaired) electrons. The van der Waals surface area contributed by atoms with Gasteiger partial charge in [-0.15, -0.1) is 0 Å². The van der Waals surface area contributed by atoms with Gasteiger partial charge in [0.25, 0.3) is 0 Å². The van der Waals surface area contributed by atoms with Crippen molar-refractivity contribution < 1.29 is 33.8 Å². The number of methoxy groups -OCH3 is 1. The molecule has 1 rings (SSSR count). The van der Waals surface area contributed by atoms with Crippen LogP contribution in [0.5, 0.6) is 0 Å². The third-order valence-electron chi connectivity index (χ3n) is 1.79. The Morgan fingerprint density at radius 1 is 1.75 bits per heavy atom. The molecule has 1 aliphatic heterocycles. The Hall–Kier alpha value is 0.122. The van der Waals surface area contributed by atoms with Crippen molar-refractivity contribution in [2.24, 2.45) is 0 Å². The first-order chi connectivity index (χ1) is 5.69. The van der Waals surface area contributed by atoms with Gasteiger partial charge in [-0.1, -0.05) is 0 Å². The summed E-state index contributed by atoms with van der Waals surface area (Å²) in [5.74, 6) is 0.821. The Morgan fingerprint density at radius 3 is 2.92 bits per heavy atom. The molecule has 3 nitrogen and oxygen atoms in total. The van der Waals surface area contributed by atoms with E-state index in [1.54, 1.807) is 13.2 Å². The second-order valence-corrected chi connectivity index (χ2v) is 4.45. The van der Waals surface area contributed by atoms with E-state index in [2.05, 4.69) is 0 Å². The minimum atomic E-state index is -0.421. The molecule has 12 heavy (non-hydrogen) atoms. The van der Waals surface area contributed by atoms with Crippen LogP contribution in [-0.4, -0.2) is 24.6 Å². The van der Waals surface area contributed by atoms with Crippen LogP contribution in [0.25, 0.3) is 0 Å². The molecule has 0 saturated heterocycles. The van der Waals surface area contributed by atoms with Gasteiger partial charge in [-0.2, -0.15) is 0 Å². The van der Waals surface area contributed by atoms with E-state index in [4.69, 9.17) is 9.47 Å². The van der Waals surface area contributed by atoms with Crippen molar-refractivity contribution in [3.05, 3.63) is 11.8 Å². The van der Waals surface area contributed by atoms with Gasteiger partial charge < -0.3 is 0 Å². The van der Waals surface area contributed by atoms with Crippen molar-refractivity contribution in [3.8, 4) is 0 Å². The summed E-state index contributed by atoms with van der Waals surface area (Å²) in [5, 5.41) is 9.56. The van der Waals surface area contributed by atoms with Gasteiger partial charge >= 0.3 is 82.9 Å². The first-order valence-corrected chi connectivity index (χ1v) is 5.48. The molecule has 1 heterocycles. The Balaban J connectivity index is 2.68. The molecule has 0 aromatic carbocycles. The summed E-state index contributed by atoms with van der Waals surface area (Å²) < 4.78 is 10.6. The molecular formula is C8H13O3Re. The second-order valence-electron chi connectivity index (χ2n) is 2.64. The van der Waals surface area contributed by atoms with E-state index >= 15 is 0 Å². The number of hydrogen-bond donors (Lipinski definition) is 1. The van der Waals surface area contributed by atoms with Crippen LogP contribution in [0, 0.1) is 0 Å². The van der Waals surface area contributed by atoms with Crippen LogP contribution < -0.4 is 0 Å². The maximum atomic E-state index is 9.56. The topological polar surface area (TPSA) is 38.7 Å². The molecule has 4 heteroatoms. The first kappa shape index (κ1) is 10.2. The zero-order chi connectivity index (χ0) is 9.14. The summed E-state index contributed by atoms with van der Waals surface area (Å²) in [5.41, 5.74) is 0. The third kappa shape index (κ3) is 2.08.